The molecule has 0 aliphatic heterocycles. The Morgan fingerprint density at radius 1 is 1.12 bits per heavy atom. The zero-order chi connectivity index (χ0) is 17.7. The van der Waals surface area contributed by atoms with Crippen LogP contribution in [0.3, 0.4) is 0 Å². The minimum Gasteiger partial charge on any atom is -0.506 e. The Kier molecular flexibility index (Phi) is 6.22. The lowest BCUT2D eigenvalue weighted by atomic mass is 10.2. The monoisotopic (exact) mass is 456 g/mol. The first-order valence-electron chi connectivity index (χ1n) is 6.69. The van der Waals surface area contributed by atoms with Crippen LogP contribution in [0.2, 0.25) is 0 Å². The summed E-state index contributed by atoms with van der Waals surface area (Å²) in [5, 5.41) is 13.6. The van der Waals surface area contributed by atoms with E-state index >= 15 is 0 Å². The molecule has 0 atom stereocenters. The van der Waals surface area contributed by atoms with E-state index in [2.05, 4.69) is 42.4 Å². The van der Waals surface area contributed by atoms with Gasteiger partial charge in [0, 0.05) is 5.56 Å². The summed E-state index contributed by atoms with van der Waals surface area (Å²) in [5.41, 5.74) is 3.51. The highest BCUT2D eigenvalue weighted by molar-refractivity contribution is 9.11. The fourth-order valence-electron chi connectivity index (χ4n) is 1.87. The Hall–Kier alpha value is -2.06. The van der Waals surface area contributed by atoms with Gasteiger partial charge in [-0.25, -0.2) is 5.43 Å². The topological polar surface area (TPSA) is 80.2 Å². The zero-order valence-electron chi connectivity index (χ0n) is 12.8. The van der Waals surface area contributed by atoms with Gasteiger partial charge in [-0.2, -0.15) is 5.10 Å². The van der Waals surface area contributed by atoms with E-state index in [1.165, 1.54) is 20.4 Å². The van der Waals surface area contributed by atoms with Gasteiger partial charge in [-0.15, -0.1) is 0 Å². The van der Waals surface area contributed by atoms with Crippen molar-refractivity contribution in [3.8, 4) is 17.2 Å². The van der Waals surface area contributed by atoms with E-state index in [1.54, 1.807) is 30.3 Å². The molecule has 2 aromatic rings. The minimum absolute atomic E-state index is 0.0986. The second kappa shape index (κ2) is 8.16. The van der Waals surface area contributed by atoms with Crippen LogP contribution in [0.4, 0.5) is 0 Å². The van der Waals surface area contributed by atoms with Crippen molar-refractivity contribution in [3.05, 3.63) is 50.4 Å². The van der Waals surface area contributed by atoms with Gasteiger partial charge in [0.15, 0.2) is 11.5 Å². The van der Waals surface area contributed by atoms with E-state index in [9.17, 15) is 9.90 Å². The molecule has 0 unspecified atom stereocenters. The van der Waals surface area contributed by atoms with E-state index in [-0.39, 0.29) is 11.7 Å². The van der Waals surface area contributed by atoms with Crippen molar-refractivity contribution in [2.45, 2.75) is 0 Å². The number of carbonyl (C=O) groups excluding carboxylic acids is 1. The van der Waals surface area contributed by atoms with Crippen LogP contribution >= 0.6 is 31.9 Å². The maximum atomic E-state index is 12.1. The lowest BCUT2D eigenvalue weighted by Crippen LogP contribution is -2.17. The van der Waals surface area contributed by atoms with Crippen molar-refractivity contribution >= 4 is 44.0 Å². The number of ether oxygens (including phenoxy) is 2. The molecule has 24 heavy (non-hydrogen) atoms. The van der Waals surface area contributed by atoms with E-state index in [0.717, 1.165) is 0 Å². The minimum atomic E-state index is -0.385. The second-order valence-electron chi connectivity index (χ2n) is 4.60. The first-order valence-corrected chi connectivity index (χ1v) is 8.28. The lowest BCUT2D eigenvalue weighted by Gasteiger charge is -2.08. The summed E-state index contributed by atoms with van der Waals surface area (Å²) in [4.78, 5) is 12.1. The SMILES string of the molecule is COc1ccc(C(=O)N/N=C/c2cc(Br)c(O)c(Br)c2)cc1OC. The number of hydrogen-bond donors (Lipinski definition) is 2. The van der Waals surface area contributed by atoms with Crippen LogP contribution in [0.1, 0.15) is 15.9 Å². The molecule has 0 aliphatic carbocycles. The van der Waals surface area contributed by atoms with Gasteiger partial charge in [0.1, 0.15) is 5.75 Å². The summed E-state index contributed by atoms with van der Waals surface area (Å²) >= 11 is 6.46. The van der Waals surface area contributed by atoms with Crippen molar-refractivity contribution in [3.63, 3.8) is 0 Å². The molecule has 0 spiro atoms. The number of rotatable bonds is 5. The number of halogens is 2. The molecule has 2 rings (SSSR count). The van der Waals surface area contributed by atoms with Gasteiger partial charge in [0.25, 0.3) is 5.91 Å². The Labute approximate surface area is 155 Å². The number of hydrogen-bond acceptors (Lipinski definition) is 5. The third kappa shape index (κ3) is 4.27. The quantitative estimate of drug-likeness (QED) is 0.530. The predicted molar refractivity (Wildman–Crippen MR) is 98.1 cm³/mol. The largest absolute Gasteiger partial charge is 0.506 e. The Morgan fingerprint density at radius 2 is 1.75 bits per heavy atom. The number of nitrogens with zero attached hydrogens (tertiary/aromatic N) is 1. The fourth-order valence-corrected chi connectivity index (χ4v) is 3.09. The zero-order valence-corrected chi connectivity index (χ0v) is 16.0. The number of carbonyl (C=O) groups is 1. The van der Waals surface area contributed by atoms with Crippen LogP contribution in [0.15, 0.2) is 44.4 Å². The molecule has 2 aromatic carbocycles. The van der Waals surface area contributed by atoms with Gasteiger partial charge < -0.3 is 14.6 Å². The predicted octanol–water partition coefficient (Wildman–Crippen LogP) is 3.70. The van der Waals surface area contributed by atoms with Crippen molar-refractivity contribution < 1.29 is 19.4 Å². The van der Waals surface area contributed by atoms with Gasteiger partial charge in [-0.1, -0.05) is 0 Å². The first-order chi connectivity index (χ1) is 11.5. The standard InChI is InChI=1S/C16H14Br2N2O4/c1-23-13-4-3-10(7-14(13)24-2)16(22)20-19-8-9-5-11(17)15(21)12(18)6-9/h3-8,21H,1-2H3,(H,20,22)/b19-8+. The van der Waals surface area contributed by atoms with Crippen LogP contribution < -0.4 is 14.9 Å². The van der Waals surface area contributed by atoms with Gasteiger partial charge in [-0.3, -0.25) is 4.79 Å². The molecule has 0 heterocycles. The van der Waals surface area contributed by atoms with Crippen LogP contribution in [-0.2, 0) is 0 Å². The fraction of sp³-hybridized carbons (Fsp3) is 0.125. The number of aromatic hydroxyl groups is 1. The third-order valence-corrected chi connectivity index (χ3v) is 4.27. The molecule has 0 aromatic heterocycles. The number of benzene rings is 2. The summed E-state index contributed by atoms with van der Waals surface area (Å²) in [6.07, 6.45) is 1.47. The second-order valence-corrected chi connectivity index (χ2v) is 6.31. The molecule has 2 N–H and O–H groups in total. The molecular weight excluding hydrogens is 444 g/mol. The van der Waals surface area contributed by atoms with Crippen molar-refractivity contribution in [2.24, 2.45) is 5.10 Å². The highest BCUT2D eigenvalue weighted by Gasteiger charge is 2.10. The average molecular weight is 458 g/mol. The summed E-state index contributed by atoms with van der Waals surface area (Å²) < 4.78 is 11.3. The van der Waals surface area contributed by atoms with Crippen LogP contribution in [0.5, 0.6) is 17.2 Å². The van der Waals surface area contributed by atoms with Crippen molar-refractivity contribution in [1.82, 2.24) is 5.43 Å². The molecule has 126 valence electrons. The third-order valence-electron chi connectivity index (χ3n) is 3.06. The smallest absolute Gasteiger partial charge is 0.271 e. The van der Waals surface area contributed by atoms with Crippen molar-refractivity contribution in [1.29, 1.82) is 0 Å². The molecule has 0 bridgehead atoms. The van der Waals surface area contributed by atoms with Crippen LogP contribution in [0.25, 0.3) is 0 Å². The van der Waals surface area contributed by atoms with Gasteiger partial charge >= 0.3 is 0 Å². The Bertz CT molecular complexity index is 771. The molecule has 8 heteroatoms. The highest BCUT2D eigenvalue weighted by Crippen LogP contribution is 2.32. The summed E-state index contributed by atoms with van der Waals surface area (Å²) in [5.74, 6) is 0.711. The summed E-state index contributed by atoms with van der Waals surface area (Å²) in [6.45, 7) is 0. The maximum absolute atomic E-state index is 12.1. The molecule has 0 saturated heterocycles. The summed E-state index contributed by atoms with van der Waals surface area (Å²) in [7, 11) is 3.02. The van der Waals surface area contributed by atoms with Gasteiger partial charge in [-0.05, 0) is 67.8 Å². The maximum Gasteiger partial charge on any atom is 0.271 e. The molecule has 0 radical (unpaired) electrons. The van der Waals surface area contributed by atoms with E-state index < -0.39 is 0 Å². The number of phenolic OH excluding ortho intramolecular Hbond substituents is 1. The van der Waals surface area contributed by atoms with E-state index in [1.807, 2.05) is 0 Å². The lowest BCUT2D eigenvalue weighted by molar-refractivity contribution is 0.0954. The first kappa shape index (κ1) is 18.3. The molecule has 1 amide bonds. The van der Waals surface area contributed by atoms with E-state index in [4.69, 9.17) is 9.47 Å². The molecule has 0 aliphatic rings. The van der Waals surface area contributed by atoms with Crippen molar-refractivity contribution in [2.75, 3.05) is 14.2 Å². The average Bonchev–Trinajstić information content (AvgIpc) is 2.58. The Balaban J connectivity index is 2.10. The normalized spacial score (nSPS) is 10.7. The number of hydrazone groups is 1. The molecular formula is C16H14Br2N2O4. The summed E-state index contributed by atoms with van der Waals surface area (Å²) in [6, 6.07) is 8.17. The number of phenols is 1. The van der Waals surface area contributed by atoms with Gasteiger partial charge in [0.05, 0.1) is 29.4 Å². The molecule has 0 saturated carbocycles. The molecule has 0 fully saturated rings. The van der Waals surface area contributed by atoms with Crippen LogP contribution in [0, 0.1) is 0 Å². The van der Waals surface area contributed by atoms with E-state index in [0.29, 0.717) is 31.6 Å². The molecule has 6 nitrogen and oxygen atoms in total. The highest BCUT2D eigenvalue weighted by atomic mass is 79.9. The Morgan fingerprint density at radius 3 is 2.33 bits per heavy atom. The van der Waals surface area contributed by atoms with Gasteiger partial charge in [0.2, 0.25) is 0 Å². The number of nitrogens with one attached hydrogen (secondary N) is 1. The number of methoxy groups -OCH3 is 2. The van der Waals surface area contributed by atoms with Crippen LogP contribution in [-0.4, -0.2) is 31.4 Å². The number of amides is 1.